The van der Waals surface area contributed by atoms with Crippen LogP contribution in [-0.4, -0.2) is 16.0 Å². The maximum absolute atomic E-state index is 8.77. The van der Waals surface area contributed by atoms with Crippen LogP contribution in [0.5, 0.6) is 11.5 Å². The van der Waals surface area contributed by atoms with Crippen molar-refractivity contribution in [2.75, 3.05) is 0 Å². The van der Waals surface area contributed by atoms with Gasteiger partial charge >= 0.3 is 0 Å². The number of oxime groups is 1. The minimum atomic E-state index is -0.0862. The quantitative estimate of drug-likeness (QED) is 0.392. The molecule has 0 radical (unpaired) electrons. The third-order valence-electron chi connectivity index (χ3n) is 3.07. The Morgan fingerprint density at radius 2 is 1.86 bits per heavy atom. The summed E-state index contributed by atoms with van der Waals surface area (Å²) in [7, 11) is 0. The topological polar surface area (TPSA) is 80.7 Å². The van der Waals surface area contributed by atoms with Gasteiger partial charge in [-0.25, -0.2) is 4.98 Å². The van der Waals surface area contributed by atoms with Gasteiger partial charge < -0.3 is 15.7 Å². The molecule has 0 saturated carbocycles. The summed E-state index contributed by atoms with van der Waals surface area (Å²) in [5.41, 5.74) is 7.20. The highest BCUT2D eigenvalue weighted by atomic mass is 16.5. The Labute approximate surface area is 124 Å². The molecule has 0 unspecified atom stereocenters. The third kappa shape index (κ3) is 3.51. The molecule has 0 saturated heterocycles. The molecule has 21 heavy (non-hydrogen) atoms. The van der Waals surface area contributed by atoms with Gasteiger partial charge in [0.1, 0.15) is 5.75 Å². The first kappa shape index (κ1) is 14.8. The third-order valence-corrected chi connectivity index (χ3v) is 3.07. The van der Waals surface area contributed by atoms with Gasteiger partial charge in [-0.15, -0.1) is 0 Å². The zero-order chi connectivity index (χ0) is 15.5. The smallest absolute Gasteiger partial charge is 0.192 e. The first-order valence-electron chi connectivity index (χ1n) is 6.63. The second-order valence-corrected chi connectivity index (χ2v) is 5.71. The Morgan fingerprint density at radius 1 is 1.19 bits per heavy atom. The molecule has 0 bridgehead atoms. The van der Waals surface area contributed by atoms with Crippen LogP contribution in [0.15, 0.2) is 47.8 Å². The monoisotopic (exact) mass is 285 g/mol. The van der Waals surface area contributed by atoms with Gasteiger partial charge in [0.05, 0.1) is 0 Å². The molecule has 0 aliphatic carbocycles. The van der Waals surface area contributed by atoms with Gasteiger partial charge in [0.2, 0.25) is 0 Å². The average molecular weight is 285 g/mol. The molecule has 2 rings (SSSR count). The highest BCUT2D eigenvalue weighted by molar-refractivity contribution is 5.97. The molecule has 0 aliphatic heterocycles. The van der Waals surface area contributed by atoms with Gasteiger partial charge in [0.25, 0.3) is 0 Å². The summed E-state index contributed by atoms with van der Waals surface area (Å²) in [6.07, 6.45) is 1.56. The molecule has 110 valence electrons. The SMILES string of the molecule is CC(C)(C)c1ccc(Oc2cccnc2/C(N)=N/O)cc1. The van der Waals surface area contributed by atoms with E-state index in [4.69, 9.17) is 15.7 Å². The molecule has 2 aromatic rings. The van der Waals surface area contributed by atoms with Gasteiger partial charge in [-0.3, -0.25) is 0 Å². The van der Waals surface area contributed by atoms with Crippen LogP contribution >= 0.6 is 0 Å². The number of benzene rings is 1. The Bertz CT molecular complexity index is 643. The van der Waals surface area contributed by atoms with Crippen molar-refractivity contribution in [3.8, 4) is 11.5 Å². The van der Waals surface area contributed by atoms with E-state index in [1.165, 1.54) is 5.56 Å². The van der Waals surface area contributed by atoms with Crippen LogP contribution in [0.1, 0.15) is 32.0 Å². The summed E-state index contributed by atoms with van der Waals surface area (Å²) in [5, 5.41) is 11.7. The summed E-state index contributed by atoms with van der Waals surface area (Å²) in [4.78, 5) is 4.06. The lowest BCUT2D eigenvalue weighted by Gasteiger charge is -2.19. The summed E-state index contributed by atoms with van der Waals surface area (Å²) in [5.74, 6) is 1.02. The van der Waals surface area contributed by atoms with E-state index in [1.807, 2.05) is 24.3 Å². The van der Waals surface area contributed by atoms with Crippen LogP contribution < -0.4 is 10.5 Å². The van der Waals surface area contributed by atoms with Gasteiger partial charge in [0, 0.05) is 6.20 Å². The Morgan fingerprint density at radius 3 is 2.43 bits per heavy atom. The molecule has 5 nitrogen and oxygen atoms in total. The van der Waals surface area contributed by atoms with Gasteiger partial charge in [-0.2, -0.15) is 0 Å². The van der Waals surface area contributed by atoms with Crippen molar-refractivity contribution in [1.29, 1.82) is 0 Å². The molecule has 0 atom stereocenters. The van der Waals surface area contributed by atoms with Crippen molar-refractivity contribution in [2.24, 2.45) is 10.9 Å². The second kappa shape index (κ2) is 5.83. The van der Waals surface area contributed by atoms with Gasteiger partial charge in [-0.05, 0) is 35.2 Å². The maximum atomic E-state index is 8.77. The van der Waals surface area contributed by atoms with Gasteiger partial charge in [0.15, 0.2) is 17.3 Å². The molecule has 1 aromatic heterocycles. The van der Waals surface area contributed by atoms with Crippen LogP contribution in [-0.2, 0) is 5.41 Å². The van der Waals surface area contributed by atoms with Crippen molar-refractivity contribution in [3.63, 3.8) is 0 Å². The highest BCUT2D eigenvalue weighted by Crippen LogP contribution is 2.27. The molecule has 0 amide bonds. The number of amidine groups is 1. The van der Waals surface area contributed by atoms with E-state index in [-0.39, 0.29) is 11.3 Å². The van der Waals surface area contributed by atoms with Crippen LogP contribution in [0, 0.1) is 0 Å². The minimum Gasteiger partial charge on any atom is -0.455 e. The lowest BCUT2D eigenvalue weighted by Crippen LogP contribution is -2.16. The van der Waals surface area contributed by atoms with Crippen molar-refractivity contribution >= 4 is 5.84 Å². The van der Waals surface area contributed by atoms with Crippen LogP contribution in [0.4, 0.5) is 0 Å². The Hall–Kier alpha value is -2.56. The number of hydrogen-bond acceptors (Lipinski definition) is 4. The molecule has 0 spiro atoms. The standard InChI is InChI=1S/C16H19N3O2/c1-16(2,3)11-6-8-12(9-7-11)21-13-5-4-10-18-14(13)15(17)19-20/h4-10,20H,1-3H3,(H2,17,19). The molecular formula is C16H19N3O2. The predicted octanol–water partition coefficient (Wildman–Crippen LogP) is 3.27. The van der Waals surface area contributed by atoms with Crippen molar-refractivity contribution in [2.45, 2.75) is 26.2 Å². The maximum Gasteiger partial charge on any atom is 0.192 e. The molecular weight excluding hydrogens is 266 g/mol. The molecule has 0 fully saturated rings. The first-order valence-corrected chi connectivity index (χ1v) is 6.63. The number of rotatable bonds is 3. The van der Waals surface area contributed by atoms with Crippen molar-refractivity contribution < 1.29 is 9.94 Å². The van der Waals surface area contributed by atoms with Crippen LogP contribution in [0.3, 0.4) is 0 Å². The highest BCUT2D eigenvalue weighted by Gasteiger charge is 2.14. The van der Waals surface area contributed by atoms with Crippen LogP contribution in [0.25, 0.3) is 0 Å². The van der Waals surface area contributed by atoms with E-state index < -0.39 is 0 Å². The molecule has 5 heteroatoms. The van der Waals surface area contributed by atoms with Crippen molar-refractivity contribution in [3.05, 3.63) is 53.9 Å². The number of aromatic nitrogens is 1. The van der Waals surface area contributed by atoms with Crippen LogP contribution in [0.2, 0.25) is 0 Å². The minimum absolute atomic E-state index is 0.0862. The number of nitrogens with two attached hydrogens (primary N) is 1. The van der Waals surface area contributed by atoms with E-state index in [0.717, 1.165) is 0 Å². The van der Waals surface area contributed by atoms with Crippen molar-refractivity contribution in [1.82, 2.24) is 4.98 Å². The normalized spacial score (nSPS) is 12.2. The zero-order valence-electron chi connectivity index (χ0n) is 12.4. The second-order valence-electron chi connectivity index (χ2n) is 5.71. The number of pyridine rings is 1. The molecule has 1 heterocycles. The number of ether oxygens (including phenoxy) is 1. The molecule has 1 aromatic carbocycles. The molecule has 0 aliphatic rings. The fourth-order valence-electron chi connectivity index (χ4n) is 1.86. The summed E-state index contributed by atoms with van der Waals surface area (Å²) in [6, 6.07) is 11.3. The average Bonchev–Trinajstić information content (AvgIpc) is 2.46. The summed E-state index contributed by atoms with van der Waals surface area (Å²) >= 11 is 0. The Kier molecular flexibility index (Phi) is 4.12. The van der Waals surface area contributed by atoms with E-state index >= 15 is 0 Å². The summed E-state index contributed by atoms with van der Waals surface area (Å²) < 4.78 is 5.77. The first-order chi connectivity index (χ1) is 9.91. The largest absolute Gasteiger partial charge is 0.455 e. The van der Waals surface area contributed by atoms with E-state index in [2.05, 4.69) is 30.9 Å². The summed E-state index contributed by atoms with van der Waals surface area (Å²) in [6.45, 7) is 6.46. The van der Waals surface area contributed by atoms with E-state index in [9.17, 15) is 0 Å². The Balaban J connectivity index is 2.27. The lowest BCUT2D eigenvalue weighted by molar-refractivity contribution is 0.318. The number of nitrogens with zero attached hydrogens (tertiary/aromatic N) is 2. The zero-order valence-corrected chi connectivity index (χ0v) is 12.4. The van der Waals surface area contributed by atoms with E-state index in [1.54, 1.807) is 18.3 Å². The van der Waals surface area contributed by atoms with Gasteiger partial charge in [-0.1, -0.05) is 38.1 Å². The fourth-order valence-corrected chi connectivity index (χ4v) is 1.86. The lowest BCUT2D eigenvalue weighted by atomic mass is 9.87. The number of hydrogen-bond donors (Lipinski definition) is 2. The van der Waals surface area contributed by atoms with E-state index in [0.29, 0.717) is 17.2 Å². The molecule has 3 N–H and O–H groups in total. The fraction of sp³-hybridized carbons (Fsp3) is 0.250. The predicted molar refractivity (Wildman–Crippen MR) is 82.0 cm³/mol.